The molecule has 37 heavy (non-hydrogen) atoms. The first-order valence-electron chi connectivity index (χ1n) is 14.0. The average molecular weight is 517 g/mol. The molecule has 3 fully saturated rings. The van der Waals surface area contributed by atoms with Crippen molar-refractivity contribution in [2.75, 3.05) is 6.61 Å². The van der Waals surface area contributed by atoms with Crippen molar-refractivity contribution < 1.29 is 29.4 Å². The van der Waals surface area contributed by atoms with Crippen molar-refractivity contribution in [1.29, 1.82) is 0 Å². The number of hydrogen-bond acceptors (Lipinski definition) is 6. The molecule has 8 nitrogen and oxygen atoms in total. The molecule has 4 aliphatic rings. The molecular formula is C29H44N2O6. The summed E-state index contributed by atoms with van der Waals surface area (Å²) in [7, 11) is 0. The van der Waals surface area contributed by atoms with E-state index in [0.717, 1.165) is 50.7 Å². The van der Waals surface area contributed by atoms with E-state index in [1.54, 1.807) is 13.8 Å². The standard InChI is InChI=1S/C29H44N2O6/c1-6-17(2)25(26(34)35)30-24(33)16-37-31-20-9-12-27(4)19(15-20)7-8-21-22(27)10-13-28(5)23(21)11-14-29(28,36)18(3)32/h15,17,21-23,25,36H,6-14,16H2,1-5H3,(H,30,33)(H,34,35)/t17-,21+,22-,23-,25-,27-,28-,29-/m0/s1. The Hall–Kier alpha value is -2.22. The number of carboxylic acid groups (broad SMARTS) is 1. The number of oxime groups is 1. The highest BCUT2D eigenvalue weighted by Gasteiger charge is 2.65. The minimum absolute atomic E-state index is 0.0720. The van der Waals surface area contributed by atoms with E-state index < -0.39 is 23.5 Å². The number of nitrogens with one attached hydrogen (secondary N) is 1. The van der Waals surface area contributed by atoms with Crippen LogP contribution in [0.25, 0.3) is 0 Å². The van der Waals surface area contributed by atoms with E-state index in [0.29, 0.717) is 30.6 Å². The maximum Gasteiger partial charge on any atom is 0.326 e. The highest BCUT2D eigenvalue weighted by molar-refractivity contribution is 5.96. The van der Waals surface area contributed by atoms with Gasteiger partial charge in [-0.05, 0) is 93.5 Å². The van der Waals surface area contributed by atoms with Crippen molar-refractivity contribution in [3.8, 4) is 0 Å². The SMILES string of the molecule is CC[C@H](C)[C@H](NC(=O)CON=C1C=C2CC[C@@H]3[C@H](CC[C@@]4(C)[C@H]3CC[C@]4(O)C(C)=O)[C@@]2(C)CC1)C(=O)O. The van der Waals surface area contributed by atoms with Gasteiger partial charge in [-0.2, -0.15) is 0 Å². The van der Waals surface area contributed by atoms with Gasteiger partial charge in [0.25, 0.3) is 5.91 Å². The van der Waals surface area contributed by atoms with E-state index >= 15 is 0 Å². The van der Waals surface area contributed by atoms with Crippen LogP contribution in [0.3, 0.4) is 0 Å². The quantitative estimate of drug-likeness (QED) is 0.414. The van der Waals surface area contributed by atoms with Gasteiger partial charge in [0.15, 0.2) is 12.4 Å². The zero-order valence-electron chi connectivity index (χ0n) is 23.0. The molecule has 8 heteroatoms. The van der Waals surface area contributed by atoms with E-state index in [2.05, 4.69) is 30.4 Å². The van der Waals surface area contributed by atoms with Gasteiger partial charge in [-0.15, -0.1) is 0 Å². The predicted octanol–water partition coefficient (Wildman–Crippen LogP) is 4.26. The monoisotopic (exact) mass is 516 g/mol. The van der Waals surface area contributed by atoms with Gasteiger partial charge in [0.2, 0.25) is 0 Å². The van der Waals surface area contributed by atoms with Crippen molar-refractivity contribution >= 4 is 23.4 Å². The molecule has 3 N–H and O–H groups in total. The van der Waals surface area contributed by atoms with Gasteiger partial charge >= 0.3 is 5.97 Å². The molecule has 4 rings (SSSR count). The molecule has 0 aromatic heterocycles. The minimum atomic E-state index is -1.19. The second-order valence-corrected chi connectivity index (χ2v) is 12.5. The summed E-state index contributed by atoms with van der Waals surface area (Å²) in [4.78, 5) is 41.5. The van der Waals surface area contributed by atoms with Crippen molar-refractivity contribution in [1.82, 2.24) is 5.32 Å². The lowest BCUT2D eigenvalue weighted by Crippen LogP contribution is -2.57. The number of carbonyl (C=O) groups excluding carboxylic acids is 2. The molecule has 0 aliphatic heterocycles. The first-order valence-corrected chi connectivity index (χ1v) is 14.0. The van der Waals surface area contributed by atoms with Crippen LogP contribution in [0, 0.1) is 34.5 Å². The Balaban J connectivity index is 1.41. The molecule has 4 aliphatic carbocycles. The number of Topliss-reactive ketones (excluding diaryl/α,β-unsaturated/α-hetero) is 1. The van der Waals surface area contributed by atoms with Crippen LogP contribution < -0.4 is 5.32 Å². The highest BCUT2D eigenvalue weighted by Crippen LogP contribution is 2.67. The maximum atomic E-state index is 12.4. The Bertz CT molecular complexity index is 1010. The topological polar surface area (TPSA) is 125 Å². The van der Waals surface area contributed by atoms with Crippen LogP contribution in [0.5, 0.6) is 0 Å². The molecule has 0 heterocycles. The maximum absolute atomic E-state index is 12.4. The second-order valence-electron chi connectivity index (χ2n) is 12.5. The van der Waals surface area contributed by atoms with Gasteiger partial charge in [-0.1, -0.05) is 44.8 Å². The Kier molecular flexibility index (Phi) is 7.63. The van der Waals surface area contributed by atoms with Gasteiger partial charge in [0, 0.05) is 5.41 Å². The summed E-state index contributed by atoms with van der Waals surface area (Å²) in [6.07, 6.45) is 9.94. The van der Waals surface area contributed by atoms with E-state index in [-0.39, 0.29) is 29.1 Å². The fourth-order valence-corrected chi connectivity index (χ4v) is 8.31. The molecule has 0 aromatic carbocycles. The third-order valence-electron chi connectivity index (χ3n) is 10.9. The summed E-state index contributed by atoms with van der Waals surface area (Å²) >= 11 is 0. The molecule has 206 valence electrons. The molecule has 0 saturated heterocycles. The fourth-order valence-electron chi connectivity index (χ4n) is 8.31. The number of aliphatic carboxylic acids is 1. The first-order chi connectivity index (χ1) is 17.4. The Morgan fingerprint density at radius 2 is 1.84 bits per heavy atom. The van der Waals surface area contributed by atoms with Crippen LogP contribution in [0.1, 0.15) is 92.4 Å². The van der Waals surface area contributed by atoms with Crippen LogP contribution in [0.2, 0.25) is 0 Å². The number of fused-ring (bicyclic) bond motifs is 5. The lowest BCUT2D eigenvalue weighted by Gasteiger charge is -2.59. The highest BCUT2D eigenvalue weighted by atomic mass is 16.6. The summed E-state index contributed by atoms with van der Waals surface area (Å²) in [5, 5.41) is 27.5. The van der Waals surface area contributed by atoms with E-state index in [4.69, 9.17) is 4.84 Å². The fraction of sp³-hybridized carbons (Fsp3) is 0.793. The Morgan fingerprint density at radius 3 is 2.49 bits per heavy atom. The van der Waals surface area contributed by atoms with Crippen LogP contribution in [0.4, 0.5) is 0 Å². The van der Waals surface area contributed by atoms with Gasteiger partial charge in [-0.3, -0.25) is 9.59 Å². The summed E-state index contributed by atoms with van der Waals surface area (Å²) in [6, 6.07) is -0.940. The predicted molar refractivity (Wildman–Crippen MR) is 140 cm³/mol. The zero-order chi connectivity index (χ0) is 27.2. The smallest absolute Gasteiger partial charge is 0.326 e. The molecular weight excluding hydrogens is 472 g/mol. The first kappa shape index (κ1) is 27.8. The average Bonchev–Trinajstić information content (AvgIpc) is 3.14. The lowest BCUT2D eigenvalue weighted by atomic mass is 9.46. The largest absolute Gasteiger partial charge is 0.480 e. The van der Waals surface area contributed by atoms with Gasteiger partial charge in [-0.25, -0.2) is 4.79 Å². The lowest BCUT2D eigenvalue weighted by molar-refractivity contribution is -0.159. The van der Waals surface area contributed by atoms with Crippen LogP contribution in [-0.4, -0.2) is 51.8 Å². The van der Waals surface area contributed by atoms with Crippen molar-refractivity contribution in [3.05, 3.63) is 11.6 Å². The number of carboxylic acids is 1. The van der Waals surface area contributed by atoms with E-state index in [1.165, 1.54) is 5.57 Å². The van der Waals surface area contributed by atoms with Gasteiger partial charge in [0.1, 0.15) is 11.6 Å². The van der Waals surface area contributed by atoms with Crippen LogP contribution in [0.15, 0.2) is 16.8 Å². The second kappa shape index (κ2) is 10.2. The number of nitrogens with zero attached hydrogens (tertiary/aromatic N) is 1. The van der Waals surface area contributed by atoms with Crippen LogP contribution >= 0.6 is 0 Å². The summed E-state index contributed by atoms with van der Waals surface area (Å²) < 4.78 is 0. The molecule has 0 unspecified atom stereocenters. The number of allylic oxidation sites excluding steroid dienone is 2. The number of carbonyl (C=O) groups is 3. The summed E-state index contributed by atoms with van der Waals surface area (Å²) in [5.41, 5.74) is 0.764. The number of ketones is 1. The van der Waals surface area contributed by atoms with Gasteiger partial charge < -0.3 is 20.4 Å². The van der Waals surface area contributed by atoms with E-state index in [1.807, 2.05) is 6.92 Å². The normalized spacial score (nSPS) is 39.5. The van der Waals surface area contributed by atoms with E-state index in [9.17, 15) is 24.6 Å². The summed E-state index contributed by atoms with van der Waals surface area (Å²) in [5.74, 6) is -0.376. The molecule has 1 amide bonds. The van der Waals surface area contributed by atoms with Crippen molar-refractivity contribution in [3.63, 3.8) is 0 Å². The number of amides is 1. The molecule has 0 bridgehead atoms. The Labute approximate surface area is 220 Å². The molecule has 0 aromatic rings. The van der Waals surface area contributed by atoms with Crippen molar-refractivity contribution in [2.45, 2.75) is 104 Å². The molecule has 0 spiro atoms. The van der Waals surface area contributed by atoms with Crippen LogP contribution in [-0.2, 0) is 19.2 Å². The zero-order valence-corrected chi connectivity index (χ0v) is 23.0. The number of aliphatic hydroxyl groups is 1. The molecule has 3 saturated carbocycles. The number of hydrogen-bond donors (Lipinski definition) is 3. The van der Waals surface area contributed by atoms with Gasteiger partial charge in [0.05, 0.1) is 5.71 Å². The molecule has 8 atom stereocenters. The minimum Gasteiger partial charge on any atom is -0.480 e. The third kappa shape index (κ3) is 4.64. The third-order valence-corrected chi connectivity index (χ3v) is 10.9. The van der Waals surface area contributed by atoms with Crippen molar-refractivity contribution in [2.24, 2.45) is 39.7 Å². The Morgan fingerprint density at radius 1 is 1.14 bits per heavy atom. The number of rotatable bonds is 8. The molecule has 0 radical (unpaired) electrons. The summed E-state index contributed by atoms with van der Waals surface area (Å²) in [6.45, 7) is 9.44.